The number of pyridine rings is 1. The Kier molecular flexibility index (Phi) is 5.47. The Hall–Kier alpha value is -4.02. The van der Waals surface area contributed by atoms with Crippen LogP contribution < -0.4 is 26.0 Å². The van der Waals surface area contributed by atoms with Crippen LogP contribution in [0, 0.1) is 5.82 Å². The van der Waals surface area contributed by atoms with Crippen molar-refractivity contribution in [2.24, 2.45) is 0 Å². The molecule has 11 heteroatoms. The van der Waals surface area contributed by atoms with Crippen LogP contribution in [0.1, 0.15) is 16.1 Å². The Morgan fingerprint density at radius 1 is 1.03 bits per heavy atom. The third kappa shape index (κ3) is 4.51. The minimum atomic E-state index is -4.58. The lowest BCUT2D eigenvalue weighted by Crippen LogP contribution is -2.31. The van der Waals surface area contributed by atoms with Crippen molar-refractivity contribution in [3.63, 3.8) is 0 Å². The fraction of sp³-hybridized carbons (Fsp3) is 0.143. The Morgan fingerprint density at radius 2 is 1.78 bits per heavy atom. The van der Waals surface area contributed by atoms with E-state index in [9.17, 15) is 22.4 Å². The number of fused-ring (bicyclic) bond motifs is 1. The summed E-state index contributed by atoms with van der Waals surface area (Å²) in [6.45, 7) is 0. The summed E-state index contributed by atoms with van der Waals surface area (Å²) < 4.78 is 58.6. The highest BCUT2D eigenvalue weighted by atomic mass is 19.4. The van der Waals surface area contributed by atoms with Gasteiger partial charge in [0, 0.05) is 25.4 Å². The molecule has 1 aromatic heterocycles. The smallest absolute Gasteiger partial charge is 0.416 e. The van der Waals surface area contributed by atoms with Crippen LogP contribution in [-0.4, -0.2) is 24.2 Å². The van der Waals surface area contributed by atoms with Crippen LogP contribution >= 0.6 is 0 Å². The largest absolute Gasteiger partial charge is 0.457 e. The highest BCUT2D eigenvalue weighted by Gasteiger charge is 2.31. The minimum Gasteiger partial charge on any atom is -0.457 e. The summed E-state index contributed by atoms with van der Waals surface area (Å²) in [6.07, 6.45) is -3.89. The Bertz CT molecular complexity index is 1170. The molecule has 4 rings (SSSR count). The lowest BCUT2D eigenvalue weighted by Gasteiger charge is -2.17. The first-order chi connectivity index (χ1) is 15.2. The molecule has 3 aromatic rings. The van der Waals surface area contributed by atoms with Gasteiger partial charge in [-0.05, 0) is 36.4 Å². The van der Waals surface area contributed by atoms with Crippen LogP contribution in [0.2, 0.25) is 0 Å². The van der Waals surface area contributed by atoms with E-state index < -0.39 is 23.8 Å². The summed E-state index contributed by atoms with van der Waals surface area (Å²) in [6, 6.07) is 10.3. The van der Waals surface area contributed by atoms with Gasteiger partial charge in [-0.25, -0.2) is 4.39 Å². The molecule has 1 aliphatic heterocycles. The Balaban J connectivity index is 1.47. The SMILES string of the molecule is CNC(=O)c1cc(Oc2ccc3c(c2)NC(Nc2cc(C(F)(F)F)ccc2F)N3)ccn1. The summed E-state index contributed by atoms with van der Waals surface area (Å²) in [5, 5.41) is 11.2. The molecule has 2 heterocycles. The molecule has 4 N–H and O–H groups in total. The summed E-state index contributed by atoms with van der Waals surface area (Å²) in [5.41, 5.74) is 0.169. The topological polar surface area (TPSA) is 87.3 Å². The number of alkyl halides is 3. The number of amides is 1. The number of halogens is 4. The second-order valence-electron chi connectivity index (χ2n) is 6.82. The van der Waals surface area contributed by atoms with Gasteiger partial charge in [-0.1, -0.05) is 0 Å². The van der Waals surface area contributed by atoms with Crippen molar-refractivity contribution in [1.82, 2.24) is 10.3 Å². The molecule has 0 fully saturated rings. The van der Waals surface area contributed by atoms with Crippen molar-refractivity contribution in [2.45, 2.75) is 12.5 Å². The highest BCUT2D eigenvalue weighted by Crippen LogP contribution is 2.36. The van der Waals surface area contributed by atoms with Gasteiger partial charge >= 0.3 is 6.18 Å². The summed E-state index contributed by atoms with van der Waals surface area (Å²) in [4.78, 5) is 15.7. The monoisotopic (exact) mass is 447 g/mol. The summed E-state index contributed by atoms with van der Waals surface area (Å²) in [7, 11) is 1.49. The number of aromatic nitrogens is 1. The number of hydrogen-bond donors (Lipinski definition) is 4. The number of nitrogens with zero attached hydrogens (tertiary/aromatic N) is 1. The highest BCUT2D eigenvalue weighted by molar-refractivity contribution is 5.92. The molecular formula is C21H17F4N5O2. The maximum atomic E-state index is 14.0. The van der Waals surface area contributed by atoms with Crippen LogP contribution in [-0.2, 0) is 6.18 Å². The minimum absolute atomic E-state index is 0.193. The van der Waals surface area contributed by atoms with E-state index in [1.165, 1.54) is 19.3 Å². The molecule has 166 valence electrons. The second-order valence-corrected chi connectivity index (χ2v) is 6.82. The van der Waals surface area contributed by atoms with E-state index in [0.29, 0.717) is 35.0 Å². The quantitative estimate of drug-likeness (QED) is 0.427. The van der Waals surface area contributed by atoms with Crippen molar-refractivity contribution >= 4 is 23.0 Å². The van der Waals surface area contributed by atoms with Crippen LogP contribution in [0.5, 0.6) is 11.5 Å². The summed E-state index contributed by atoms with van der Waals surface area (Å²) in [5.74, 6) is -0.333. The standard InChI is InChI=1S/C21H17F4N5O2/c1-26-19(31)18-10-13(6-7-27-18)32-12-3-5-15-17(9-12)30-20(28-15)29-16-8-11(21(23,24)25)2-4-14(16)22/h2-10,20,28-30H,1H3,(H,26,31). The predicted molar refractivity (Wildman–Crippen MR) is 110 cm³/mol. The predicted octanol–water partition coefficient (Wildman–Crippen LogP) is 4.62. The fourth-order valence-corrected chi connectivity index (χ4v) is 3.08. The molecule has 0 bridgehead atoms. The number of benzene rings is 2. The van der Waals surface area contributed by atoms with Gasteiger partial charge in [0.05, 0.1) is 22.6 Å². The first-order valence-electron chi connectivity index (χ1n) is 9.39. The number of rotatable bonds is 5. The van der Waals surface area contributed by atoms with E-state index in [-0.39, 0.29) is 17.3 Å². The molecule has 0 saturated carbocycles. The first-order valence-corrected chi connectivity index (χ1v) is 9.39. The van der Waals surface area contributed by atoms with Gasteiger partial charge in [-0.3, -0.25) is 9.78 Å². The molecule has 0 aliphatic carbocycles. The first kappa shape index (κ1) is 21.2. The van der Waals surface area contributed by atoms with E-state index in [0.717, 1.165) is 6.07 Å². The second kappa shape index (κ2) is 8.25. The lowest BCUT2D eigenvalue weighted by molar-refractivity contribution is -0.137. The normalized spacial score (nSPS) is 14.7. The van der Waals surface area contributed by atoms with Crippen molar-refractivity contribution < 1.29 is 27.1 Å². The molecule has 0 radical (unpaired) electrons. The maximum absolute atomic E-state index is 14.0. The van der Waals surface area contributed by atoms with Crippen molar-refractivity contribution in [1.29, 1.82) is 0 Å². The fourth-order valence-electron chi connectivity index (χ4n) is 3.08. The van der Waals surface area contributed by atoms with E-state index in [1.807, 2.05) is 0 Å². The molecule has 2 aromatic carbocycles. The molecule has 1 unspecified atom stereocenters. The van der Waals surface area contributed by atoms with Crippen LogP contribution in [0.3, 0.4) is 0 Å². The van der Waals surface area contributed by atoms with Gasteiger partial charge in [0.1, 0.15) is 23.0 Å². The van der Waals surface area contributed by atoms with Gasteiger partial charge in [0.25, 0.3) is 5.91 Å². The van der Waals surface area contributed by atoms with E-state index in [1.54, 1.807) is 24.3 Å². The van der Waals surface area contributed by atoms with E-state index >= 15 is 0 Å². The number of carbonyl (C=O) groups is 1. The molecule has 7 nitrogen and oxygen atoms in total. The lowest BCUT2D eigenvalue weighted by atomic mass is 10.2. The third-order valence-electron chi connectivity index (χ3n) is 4.61. The van der Waals surface area contributed by atoms with Gasteiger partial charge in [0.2, 0.25) is 0 Å². The number of nitrogens with one attached hydrogen (secondary N) is 4. The van der Waals surface area contributed by atoms with Crippen molar-refractivity contribution in [3.05, 3.63) is 71.8 Å². The molecule has 1 atom stereocenters. The van der Waals surface area contributed by atoms with E-state index in [4.69, 9.17) is 4.74 Å². The zero-order valence-electron chi connectivity index (χ0n) is 16.5. The van der Waals surface area contributed by atoms with Crippen LogP contribution in [0.4, 0.5) is 34.6 Å². The van der Waals surface area contributed by atoms with Gasteiger partial charge in [-0.15, -0.1) is 0 Å². The average Bonchev–Trinajstić information content (AvgIpc) is 3.15. The Labute approximate surface area is 179 Å². The Morgan fingerprint density at radius 3 is 2.53 bits per heavy atom. The van der Waals surface area contributed by atoms with E-state index in [2.05, 4.69) is 26.3 Å². The van der Waals surface area contributed by atoms with Crippen molar-refractivity contribution in [3.8, 4) is 11.5 Å². The molecule has 32 heavy (non-hydrogen) atoms. The van der Waals surface area contributed by atoms with Crippen LogP contribution in [0.25, 0.3) is 0 Å². The van der Waals surface area contributed by atoms with Gasteiger partial charge in [-0.2, -0.15) is 13.2 Å². The summed E-state index contributed by atoms with van der Waals surface area (Å²) >= 11 is 0. The third-order valence-corrected chi connectivity index (χ3v) is 4.61. The zero-order chi connectivity index (χ0) is 22.9. The van der Waals surface area contributed by atoms with Crippen LogP contribution in [0.15, 0.2) is 54.7 Å². The molecule has 1 amide bonds. The molecule has 0 spiro atoms. The number of anilines is 3. The van der Waals surface area contributed by atoms with Gasteiger partial charge < -0.3 is 26.0 Å². The average molecular weight is 447 g/mol. The van der Waals surface area contributed by atoms with Gasteiger partial charge in [0.15, 0.2) is 6.29 Å². The number of hydrogen-bond acceptors (Lipinski definition) is 6. The van der Waals surface area contributed by atoms with Crippen molar-refractivity contribution in [2.75, 3.05) is 23.0 Å². The molecule has 0 saturated heterocycles. The number of carbonyl (C=O) groups excluding carboxylic acids is 1. The number of ether oxygens (including phenoxy) is 1. The maximum Gasteiger partial charge on any atom is 0.416 e. The zero-order valence-corrected chi connectivity index (χ0v) is 16.5. The molecular weight excluding hydrogens is 430 g/mol. The molecule has 1 aliphatic rings.